The van der Waals surface area contributed by atoms with Crippen molar-refractivity contribution >= 4 is 65.2 Å². The lowest BCUT2D eigenvalue weighted by Crippen LogP contribution is -2.57. The van der Waals surface area contributed by atoms with Crippen LogP contribution in [-0.4, -0.2) is 113 Å². The summed E-state index contributed by atoms with van der Waals surface area (Å²) in [6.45, 7) is 5.24. The van der Waals surface area contributed by atoms with Crippen molar-refractivity contribution in [2.24, 2.45) is 0 Å². The maximum atomic E-state index is 13.4. The molecule has 0 aliphatic carbocycles. The van der Waals surface area contributed by atoms with Crippen LogP contribution in [0.2, 0.25) is 0 Å². The van der Waals surface area contributed by atoms with Gasteiger partial charge in [-0.3, -0.25) is 38.4 Å². The van der Waals surface area contributed by atoms with E-state index in [-0.39, 0.29) is 62.2 Å². The number of ether oxygens (including phenoxy) is 2. The topological polar surface area (TPSA) is 273 Å². The second kappa shape index (κ2) is 57.0. The number of hydrogen-bond donors (Lipinski definition) is 7. The Balaban J connectivity index is 5.40. The van der Waals surface area contributed by atoms with Crippen LogP contribution in [0.4, 0.5) is 0 Å². The Morgan fingerprint density at radius 1 is 0.402 bits per heavy atom. The van der Waals surface area contributed by atoms with Crippen molar-refractivity contribution in [3.63, 3.8) is 0 Å². The van der Waals surface area contributed by atoms with Crippen LogP contribution in [0, 0.1) is 0 Å². The van der Waals surface area contributed by atoms with Gasteiger partial charge in [-0.2, -0.15) is 11.8 Å². The Kier molecular flexibility index (Phi) is 54.0. The number of carboxylic acids is 2. The molecule has 3 atom stereocenters. The highest BCUT2D eigenvalue weighted by molar-refractivity contribution is 7.99. The normalized spacial score (nSPS) is 12.2. The minimum absolute atomic E-state index is 0.0964. The number of rotatable bonds is 60. The predicted octanol–water partition coefficient (Wildman–Crippen LogP) is 12.5. The highest BCUT2D eigenvalue weighted by Crippen LogP contribution is 2.17. The first-order valence-electron chi connectivity index (χ1n) is 32.5. The summed E-state index contributed by atoms with van der Waals surface area (Å²) in [5, 5.41) is 30.1. The van der Waals surface area contributed by atoms with Crippen molar-refractivity contribution in [2.75, 3.05) is 31.2 Å². The van der Waals surface area contributed by atoms with Crippen LogP contribution in [0.25, 0.3) is 0 Å². The fraction of sp³-hybridized carbons (Fsp3) is 0.857. The van der Waals surface area contributed by atoms with Crippen LogP contribution in [-0.2, 0) is 52.6 Å². The zero-order valence-electron chi connectivity index (χ0n) is 51.5. The van der Waals surface area contributed by atoms with E-state index in [1.807, 2.05) is 0 Å². The van der Waals surface area contributed by atoms with Crippen LogP contribution in [0.5, 0.6) is 0 Å². The summed E-state index contributed by atoms with van der Waals surface area (Å²) >= 11 is 1.31. The van der Waals surface area contributed by atoms with Gasteiger partial charge < -0.3 is 46.3 Å². The molecule has 476 valence electrons. The van der Waals surface area contributed by atoms with Crippen molar-refractivity contribution in [3.05, 3.63) is 0 Å². The van der Waals surface area contributed by atoms with E-state index in [0.717, 1.165) is 70.6 Å². The molecule has 0 saturated carbocycles. The summed E-state index contributed by atoms with van der Waals surface area (Å²) in [6.07, 6.45) is 40.3. The van der Waals surface area contributed by atoms with Gasteiger partial charge in [0.25, 0.3) is 5.91 Å². The lowest BCUT2D eigenvalue weighted by molar-refractivity contribution is -0.157. The van der Waals surface area contributed by atoms with Crippen LogP contribution >= 0.6 is 11.8 Å². The molecule has 82 heavy (non-hydrogen) atoms. The summed E-state index contributed by atoms with van der Waals surface area (Å²) < 4.78 is 11.5. The van der Waals surface area contributed by atoms with Crippen molar-refractivity contribution < 1.29 is 62.8 Å². The molecular weight excluding hydrogens is 1070 g/mol. The van der Waals surface area contributed by atoms with E-state index in [4.69, 9.17) is 14.6 Å². The van der Waals surface area contributed by atoms with Crippen molar-refractivity contribution in [2.45, 2.75) is 315 Å². The lowest BCUT2D eigenvalue weighted by Gasteiger charge is -2.20. The largest absolute Gasteiger partial charge is 0.481 e. The van der Waals surface area contributed by atoms with Crippen molar-refractivity contribution in [1.29, 1.82) is 0 Å². The van der Waals surface area contributed by atoms with Gasteiger partial charge >= 0.3 is 23.9 Å². The zero-order valence-corrected chi connectivity index (χ0v) is 52.3. The number of thioether (sulfide) groups is 1. The van der Waals surface area contributed by atoms with E-state index in [1.54, 1.807) is 0 Å². The minimum Gasteiger partial charge on any atom is -0.481 e. The van der Waals surface area contributed by atoms with Crippen molar-refractivity contribution in [3.8, 4) is 0 Å². The highest BCUT2D eigenvalue weighted by Gasteiger charge is 2.25. The monoisotopic (exact) mass is 1180 g/mol. The molecule has 0 spiro atoms. The van der Waals surface area contributed by atoms with E-state index in [2.05, 4.69) is 47.4 Å². The van der Waals surface area contributed by atoms with E-state index >= 15 is 0 Å². The second-order valence-corrected chi connectivity index (χ2v) is 23.5. The maximum Gasteiger partial charge on any atom is 0.326 e. The standard InChI is InChI=1S/C63H115N5O13S/c1-4-7-10-13-16-19-22-24-27-30-33-36-39-42-59(75)80-50-52(81-60(76)43-40-37-34-31-28-25-23-20-17-14-11-8-5-2)51-82-47-46-55(70)68-61(67-54(69)41-38-35-32-29-26-21-18-15-12-9-6-3)62(77)65-48-56(71)64-49-57(72)66-53(63(78)79)44-45-58(73)74/h52-53,61H,4-51H2,1-3H3,(H,64,71)(H,65,77)(H,66,72)(H,67,69)(H,68,70)(H,73,74)(H,78,79)/t52-,53?,61-/m1/s1. The molecular formula is C63H115N5O13S. The van der Waals surface area contributed by atoms with Crippen LogP contribution < -0.4 is 26.6 Å². The Hall–Kier alpha value is -4.42. The smallest absolute Gasteiger partial charge is 0.326 e. The fourth-order valence-corrected chi connectivity index (χ4v) is 10.4. The summed E-state index contributed by atoms with van der Waals surface area (Å²) in [7, 11) is 0. The average molecular weight is 1180 g/mol. The Morgan fingerprint density at radius 2 is 0.780 bits per heavy atom. The summed E-state index contributed by atoms with van der Waals surface area (Å²) in [4.78, 5) is 113. The Morgan fingerprint density at radius 3 is 1.20 bits per heavy atom. The number of carbonyl (C=O) groups is 9. The molecule has 0 saturated heterocycles. The van der Waals surface area contributed by atoms with E-state index in [9.17, 15) is 48.3 Å². The summed E-state index contributed by atoms with van der Waals surface area (Å²) in [5.74, 6) is -6.61. The third-order valence-electron chi connectivity index (χ3n) is 14.5. The SMILES string of the molecule is CCCCCCCCCCCCCCCC(=O)OC[C@H](CSCCC(=O)N[C@@H](NC(=O)CCCCCCCCCCCCC)C(=O)NCC(=O)NCC(=O)NC(CCC(=O)O)C(=O)O)OC(=O)CCCCCCCCCCCCCCC. The molecule has 0 aromatic carbocycles. The Labute approximate surface area is 499 Å². The van der Waals surface area contributed by atoms with Gasteiger partial charge in [-0.25, -0.2) is 4.79 Å². The molecule has 0 rings (SSSR count). The maximum absolute atomic E-state index is 13.4. The van der Waals surface area contributed by atoms with Gasteiger partial charge in [0.1, 0.15) is 18.8 Å². The molecule has 0 aliphatic rings. The molecule has 0 bridgehead atoms. The first-order valence-corrected chi connectivity index (χ1v) is 33.7. The number of esters is 2. The van der Waals surface area contributed by atoms with Gasteiger partial charge in [-0.15, -0.1) is 0 Å². The van der Waals surface area contributed by atoms with Gasteiger partial charge in [-0.05, 0) is 25.7 Å². The first-order chi connectivity index (χ1) is 39.7. The van der Waals surface area contributed by atoms with E-state index in [0.29, 0.717) is 12.8 Å². The van der Waals surface area contributed by atoms with E-state index < -0.39 is 79.3 Å². The van der Waals surface area contributed by atoms with Gasteiger partial charge in [0, 0.05) is 43.6 Å². The quantitative estimate of drug-likeness (QED) is 0.0170. The number of unbranched alkanes of at least 4 members (excludes halogenated alkanes) is 34. The number of carbonyl (C=O) groups excluding carboxylic acids is 7. The first kappa shape index (κ1) is 77.6. The number of hydrogen-bond acceptors (Lipinski definition) is 12. The molecule has 0 aliphatic heterocycles. The molecule has 0 heterocycles. The highest BCUT2D eigenvalue weighted by atomic mass is 32.2. The van der Waals surface area contributed by atoms with Crippen molar-refractivity contribution in [1.82, 2.24) is 26.6 Å². The van der Waals surface area contributed by atoms with Gasteiger partial charge in [0.2, 0.25) is 23.6 Å². The fourth-order valence-electron chi connectivity index (χ4n) is 9.44. The molecule has 1 unspecified atom stereocenters. The lowest BCUT2D eigenvalue weighted by atomic mass is 10.0. The number of aliphatic carboxylic acids is 2. The van der Waals surface area contributed by atoms with Crippen LogP contribution in [0.1, 0.15) is 297 Å². The third-order valence-corrected chi connectivity index (χ3v) is 15.6. The average Bonchev–Trinajstić information content (AvgIpc) is 3.47. The third kappa shape index (κ3) is 52.4. The molecule has 18 nitrogen and oxygen atoms in total. The number of amides is 5. The molecule has 5 amide bonds. The minimum atomic E-state index is -1.55. The number of nitrogens with one attached hydrogen (secondary N) is 5. The molecule has 0 radical (unpaired) electrons. The summed E-state index contributed by atoms with van der Waals surface area (Å²) in [6, 6.07) is -1.49. The molecule has 19 heteroatoms. The number of carboxylic acid groups (broad SMARTS) is 2. The van der Waals surface area contributed by atoms with Gasteiger partial charge in [0.15, 0.2) is 6.17 Å². The molecule has 0 fully saturated rings. The van der Waals surface area contributed by atoms with Gasteiger partial charge in [-0.1, -0.05) is 239 Å². The van der Waals surface area contributed by atoms with E-state index in [1.165, 1.54) is 166 Å². The van der Waals surface area contributed by atoms with Crippen LogP contribution in [0.15, 0.2) is 0 Å². The predicted molar refractivity (Wildman–Crippen MR) is 327 cm³/mol. The second-order valence-electron chi connectivity index (χ2n) is 22.3. The zero-order chi connectivity index (χ0) is 60.5. The van der Waals surface area contributed by atoms with Gasteiger partial charge in [0.05, 0.1) is 13.1 Å². The van der Waals surface area contributed by atoms with Crippen LogP contribution in [0.3, 0.4) is 0 Å². The Bertz CT molecular complexity index is 1690. The summed E-state index contributed by atoms with van der Waals surface area (Å²) in [5.41, 5.74) is 0. The molecule has 7 N–H and O–H groups in total. The molecule has 0 aromatic heterocycles. The molecule has 0 aromatic rings.